The second-order valence-corrected chi connectivity index (χ2v) is 3.85. The fourth-order valence-corrected chi connectivity index (χ4v) is 1.64. The van der Waals surface area contributed by atoms with Crippen molar-refractivity contribution in [1.29, 1.82) is 0 Å². The molecule has 0 aliphatic heterocycles. The van der Waals surface area contributed by atoms with E-state index < -0.39 is 0 Å². The van der Waals surface area contributed by atoms with Crippen molar-refractivity contribution in [3.8, 4) is 0 Å². The molecule has 2 N–H and O–H groups in total. The van der Waals surface area contributed by atoms with Gasteiger partial charge in [-0.25, -0.2) is 8.78 Å². The van der Waals surface area contributed by atoms with Gasteiger partial charge in [-0.2, -0.15) is 0 Å². The van der Waals surface area contributed by atoms with E-state index in [4.69, 9.17) is 5.73 Å². The molecule has 1 aromatic rings. The summed E-state index contributed by atoms with van der Waals surface area (Å²) in [5.41, 5.74) is 5.84. The van der Waals surface area contributed by atoms with Gasteiger partial charge in [-0.05, 0) is 49.1 Å². The van der Waals surface area contributed by atoms with Gasteiger partial charge in [-0.15, -0.1) is 0 Å². The van der Waals surface area contributed by atoms with Crippen molar-refractivity contribution in [3.63, 3.8) is 0 Å². The molecule has 0 aromatic heterocycles. The summed E-state index contributed by atoms with van der Waals surface area (Å²) in [6.45, 7) is 2.56. The number of rotatable bonds is 5. The normalized spacial score (nSPS) is 12.8. The Morgan fingerprint density at radius 3 is 2.67 bits per heavy atom. The molecule has 84 valence electrons. The Hall–Kier alpha value is -0.960. The van der Waals surface area contributed by atoms with Crippen molar-refractivity contribution in [2.75, 3.05) is 6.54 Å². The highest BCUT2D eigenvalue weighted by Crippen LogP contribution is 2.24. The van der Waals surface area contributed by atoms with Gasteiger partial charge in [0.25, 0.3) is 0 Å². The van der Waals surface area contributed by atoms with E-state index in [0.29, 0.717) is 12.1 Å². The van der Waals surface area contributed by atoms with Gasteiger partial charge >= 0.3 is 0 Å². The Labute approximate surface area is 89.3 Å². The lowest BCUT2D eigenvalue weighted by Gasteiger charge is -2.12. The summed E-state index contributed by atoms with van der Waals surface area (Å²) in [5, 5.41) is 0. The Morgan fingerprint density at radius 1 is 1.27 bits per heavy atom. The minimum absolute atomic E-state index is 0.0484. The van der Waals surface area contributed by atoms with Crippen molar-refractivity contribution in [3.05, 3.63) is 35.4 Å². The molecule has 0 fully saturated rings. The minimum Gasteiger partial charge on any atom is -0.330 e. The first-order valence-electron chi connectivity index (χ1n) is 5.30. The Bertz CT molecular complexity index is 312. The maximum absolute atomic E-state index is 13.3. The second-order valence-electron chi connectivity index (χ2n) is 3.85. The Morgan fingerprint density at radius 2 is 2.00 bits per heavy atom. The van der Waals surface area contributed by atoms with E-state index in [0.717, 1.165) is 25.3 Å². The van der Waals surface area contributed by atoms with Gasteiger partial charge < -0.3 is 5.73 Å². The molecule has 1 unspecified atom stereocenters. The molecule has 0 saturated carbocycles. The average Bonchev–Trinajstić information content (AvgIpc) is 2.22. The summed E-state index contributed by atoms with van der Waals surface area (Å²) in [4.78, 5) is 0. The SMILES string of the molecule is CC(CCCCN)c1cc(F)ccc1F. The summed E-state index contributed by atoms with van der Waals surface area (Å²) < 4.78 is 26.2. The van der Waals surface area contributed by atoms with Gasteiger partial charge in [-0.1, -0.05) is 13.3 Å². The summed E-state index contributed by atoms with van der Waals surface area (Å²) >= 11 is 0. The van der Waals surface area contributed by atoms with Gasteiger partial charge in [0.2, 0.25) is 0 Å². The summed E-state index contributed by atoms with van der Waals surface area (Å²) in [6.07, 6.45) is 2.73. The number of hydrogen-bond donors (Lipinski definition) is 1. The van der Waals surface area contributed by atoms with Gasteiger partial charge in [0, 0.05) is 0 Å². The van der Waals surface area contributed by atoms with Crippen LogP contribution in [-0.4, -0.2) is 6.54 Å². The lowest BCUT2D eigenvalue weighted by atomic mass is 9.95. The highest BCUT2D eigenvalue weighted by atomic mass is 19.1. The van der Waals surface area contributed by atoms with Crippen LogP contribution in [0.25, 0.3) is 0 Å². The highest BCUT2D eigenvalue weighted by Gasteiger charge is 2.11. The quantitative estimate of drug-likeness (QED) is 0.747. The molecule has 0 saturated heterocycles. The molecule has 1 nitrogen and oxygen atoms in total. The number of hydrogen-bond acceptors (Lipinski definition) is 1. The molecule has 15 heavy (non-hydrogen) atoms. The molecule has 0 amide bonds. The average molecular weight is 213 g/mol. The third-order valence-corrected chi connectivity index (χ3v) is 2.58. The van der Waals surface area contributed by atoms with Crippen molar-refractivity contribution in [1.82, 2.24) is 0 Å². The lowest BCUT2D eigenvalue weighted by molar-refractivity contribution is 0.542. The monoisotopic (exact) mass is 213 g/mol. The number of benzene rings is 1. The van der Waals surface area contributed by atoms with Gasteiger partial charge in [0.15, 0.2) is 0 Å². The molecule has 1 atom stereocenters. The smallest absolute Gasteiger partial charge is 0.126 e. The third kappa shape index (κ3) is 3.59. The van der Waals surface area contributed by atoms with Crippen molar-refractivity contribution < 1.29 is 8.78 Å². The molecule has 1 rings (SSSR count). The number of nitrogens with two attached hydrogens (primary N) is 1. The van der Waals surface area contributed by atoms with E-state index in [9.17, 15) is 8.78 Å². The third-order valence-electron chi connectivity index (χ3n) is 2.58. The van der Waals surface area contributed by atoms with E-state index in [1.807, 2.05) is 6.92 Å². The molecule has 0 spiro atoms. The van der Waals surface area contributed by atoms with Crippen LogP contribution in [0.4, 0.5) is 8.78 Å². The maximum atomic E-state index is 13.3. The number of unbranched alkanes of at least 4 members (excludes halogenated alkanes) is 1. The predicted octanol–water partition coefficient (Wildman–Crippen LogP) is 3.20. The summed E-state index contributed by atoms with van der Waals surface area (Å²) in [5.74, 6) is -0.652. The van der Waals surface area contributed by atoms with Gasteiger partial charge in [-0.3, -0.25) is 0 Å². The fourth-order valence-electron chi connectivity index (χ4n) is 1.64. The van der Waals surface area contributed by atoms with E-state index in [1.165, 1.54) is 12.1 Å². The summed E-state index contributed by atoms with van der Waals surface area (Å²) in [7, 11) is 0. The molecule has 0 aliphatic rings. The standard InChI is InChI=1S/C12H17F2N/c1-9(4-2-3-7-15)11-8-10(13)5-6-12(11)14/h5-6,8-9H,2-4,7,15H2,1H3. The first-order chi connectivity index (χ1) is 7.15. The second kappa shape index (κ2) is 5.81. The van der Waals surface area contributed by atoms with E-state index in [-0.39, 0.29) is 17.6 Å². The highest BCUT2D eigenvalue weighted by molar-refractivity contribution is 5.22. The van der Waals surface area contributed by atoms with Crippen molar-refractivity contribution in [2.24, 2.45) is 5.73 Å². The van der Waals surface area contributed by atoms with Crippen LogP contribution in [-0.2, 0) is 0 Å². The molecule has 0 radical (unpaired) electrons. The molecular formula is C12H17F2N. The number of halogens is 2. The topological polar surface area (TPSA) is 26.0 Å². The van der Waals surface area contributed by atoms with Crippen LogP contribution in [0, 0.1) is 11.6 Å². The van der Waals surface area contributed by atoms with Crippen LogP contribution in [0.3, 0.4) is 0 Å². The Kier molecular flexibility index (Phi) is 4.69. The van der Waals surface area contributed by atoms with Gasteiger partial charge in [0.05, 0.1) is 0 Å². The van der Waals surface area contributed by atoms with Crippen molar-refractivity contribution in [2.45, 2.75) is 32.1 Å². The first kappa shape index (κ1) is 12.1. The predicted molar refractivity (Wildman–Crippen MR) is 57.7 cm³/mol. The van der Waals surface area contributed by atoms with Crippen LogP contribution in [0.5, 0.6) is 0 Å². The van der Waals surface area contributed by atoms with Crippen molar-refractivity contribution >= 4 is 0 Å². The van der Waals surface area contributed by atoms with E-state index in [2.05, 4.69) is 0 Å². The fraction of sp³-hybridized carbons (Fsp3) is 0.500. The van der Waals surface area contributed by atoms with Gasteiger partial charge in [0.1, 0.15) is 11.6 Å². The lowest BCUT2D eigenvalue weighted by Crippen LogP contribution is -2.02. The van der Waals surface area contributed by atoms with E-state index >= 15 is 0 Å². The minimum atomic E-state index is -0.378. The molecule has 3 heteroatoms. The van der Waals surface area contributed by atoms with Crippen LogP contribution in [0.2, 0.25) is 0 Å². The Balaban J connectivity index is 2.64. The van der Waals surface area contributed by atoms with Crippen LogP contribution >= 0.6 is 0 Å². The largest absolute Gasteiger partial charge is 0.330 e. The first-order valence-corrected chi connectivity index (χ1v) is 5.30. The van der Waals surface area contributed by atoms with Crippen LogP contribution in [0.15, 0.2) is 18.2 Å². The summed E-state index contributed by atoms with van der Waals surface area (Å²) in [6, 6.07) is 3.61. The molecule has 1 aromatic carbocycles. The van der Waals surface area contributed by atoms with E-state index in [1.54, 1.807) is 0 Å². The maximum Gasteiger partial charge on any atom is 0.126 e. The van der Waals surface area contributed by atoms with Crippen LogP contribution < -0.4 is 5.73 Å². The molecule has 0 heterocycles. The zero-order chi connectivity index (χ0) is 11.3. The zero-order valence-corrected chi connectivity index (χ0v) is 8.97. The molecule has 0 aliphatic carbocycles. The van der Waals surface area contributed by atoms with Crippen LogP contribution in [0.1, 0.15) is 37.7 Å². The zero-order valence-electron chi connectivity index (χ0n) is 8.97. The molecule has 0 bridgehead atoms. The molecular weight excluding hydrogens is 196 g/mol.